The predicted molar refractivity (Wildman–Crippen MR) is 137 cm³/mol. The van der Waals surface area contributed by atoms with Gasteiger partial charge >= 0.3 is 5.97 Å². The number of benzene rings is 2. The largest absolute Gasteiger partial charge is 0.465 e. The normalized spacial score (nSPS) is 15.9. The molecule has 1 aliphatic heterocycles. The van der Waals surface area contributed by atoms with Crippen LogP contribution in [0.3, 0.4) is 0 Å². The molecule has 0 N–H and O–H groups in total. The summed E-state index contributed by atoms with van der Waals surface area (Å²) in [6, 6.07) is 12.4. The van der Waals surface area contributed by atoms with Gasteiger partial charge < -0.3 is 9.47 Å². The van der Waals surface area contributed by atoms with Crippen molar-refractivity contribution in [2.45, 2.75) is 56.8 Å². The fourth-order valence-electron chi connectivity index (χ4n) is 4.08. The summed E-state index contributed by atoms with van der Waals surface area (Å²) in [6.45, 7) is 7.43. The molecule has 1 atom stereocenters. The van der Waals surface area contributed by atoms with Gasteiger partial charge in [0, 0.05) is 12.2 Å². The van der Waals surface area contributed by atoms with Gasteiger partial charge in [0.1, 0.15) is 0 Å². The topological polar surface area (TPSA) is 87.5 Å². The Morgan fingerprint density at radius 3 is 2.49 bits per heavy atom. The van der Waals surface area contributed by atoms with Crippen molar-refractivity contribution in [2.24, 2.45) is 0 Å². The number of Topliss-reactive ketones (excluding diaryl/α,β-unsaturated/α-hetero) is 1. The van der Waals surface area contributed by atoms with Crippen molar-refractivity contribution in [3.8, 4) is 0 Å². The number of thioether (sulfide) groups is 1. The summed E-state index contributed by atoms with van der Waals surface area (Å²) >= 11 is 1.22. The molecule has 0 bridgehead atoms. The Kier molecular flexibility index (Phi) is 7.42. The fourth-order valence-corrected chi connectivity index (χ4v) is 4.98. The number of methoxy groups -OCH3 is 1. The molecule has 0 saturated carbocycles. The fraction of sp³-hybridized carbons (Fsp3) is 0.407. The zero-order valence-electron chi connectivity index (χ0n) is 20.5. The van der Waals surface area contributed by atoms with E-state index in [1.165, 1.54) is 18.9 Å². The third kappa shape index (κ3) is 5.65. The number of ether oxygens (including phenoxy) is 2. The van der Waals surface area contributed by atoms with E-state index >= 15 is 0 Å². The number of carbonyl (C=O) groups is 2. The van der Waals surface area contributed by atoms with Gasteiger partial charge in [-0.15, -0.1) is 0 Å². The van der Waals surface area contributed by atoms with Gasteiger partial charge in [0.2, 0.25) is 0 Å². The number of hydrogen-bond acceptors (Lipinski definition) is 7. The molecule has 0 radical (unpaired) electrons. The summed E-state index contributed by atoms with van der Waals surface area (Å²) in [5, 5.41) is 0.837. The van der Waals surface area contributed by atoms with Gasteiger partial charge in [0.05, 0.1) is 42.0 Å². The highest BCUT2D eigenvalue weighted by Gasteiger charge is 2.22. The number of nitrogens with zero attached hydrogens (tertiary/aromatic N) is 2. The van der Waals surface area contributed by atoms with Gasteiger partial charge in [-0.05, 0) is 42.0 Å². The molecule has 1 fully saturated rings. The first-order valence-corrected chi connectivity index (χ1v) is 12.7. The van der Waals surface area contributed by atoms with Gasteiger partial charge in [0.15, 0.2) is 10.9 Å². The van der Waals surface area contributed by atoms with Crippen LogP contribution in [0, 0.1) is 0 Å². The summed E-state index contributed by atoms with van der Waals surface area (Å²) < 4.78 is 12.1. The molecule has 4 rings (SSSR count). The van der Waals surface area contributed by atoms with Crippen LogP contribution in [0.5, 0.6) is 0 Å². The van der Waals surface area contributed by atoms with Crippen molar-refractivity contribution in [1.29, 1.82) is 0 Å². The molecule has 35 heavy (non-hydrogen) atoms. The minimum Gasteiger partial charge on any atom is -0.465 e. The van der Waals surface area contributed by atoms with Crippen molar-refractivity contribution in [3.05, 3.63) is 69.5 Å². The number of fused-ring (bicyclic) bond motifs is 1. The molecular weight excluding hydrogens is 464 g/mol. The number of carbonyl (C=O) groups excluding carboxylic acids is 2. The number of esters is 1. The molecular formula is C27H30N2O5S. The molecule has 184 valence electrons. The first kappa shape index (κ1) is 25.1. The van der Waals surface area contributed by atoms with Gasteiger partial charge in [0.25, 0.3) is 5.56 Å². The van der Waals surface area contributed by atoms with E-state index in [1.807, 2.05) is 24.3 Å². The Hall–Kier alpha value is -2.97. The minimum atomic E-state index is -0.500. The quantitative estimate of drug-likeness (QED) is 0.205. The standard InChI is InChI=1S/C27H30N2O5S/c1-27(2,3)19-10-7-17(8-11-19)23(30)16-35-26-28-22-14-18(25(32)33-4)9-12-21(22)24(31)29(26)15-20-6-5-13-34-20/h7-12,14,20H,5-6,13,15-16H2,1-4H3/t20-/m1/s1. The number of ketones is 1. The van der Waals surface area contributed by atoms with Crippen molar-refractivity contribution in [3.63, 3.8) is 0 Å². The molecule has 8 heteroatoms. The predicted octanol–water partition coefficient (Wildman–Crippen LogP) is 4.63. The van der Waals surface area contributed by atoms with Crippen LogP contribution in [0.15, 0.2) is 52.4 Å². The molecule has 1 aliphatic rings. The van der Waals surface area contributed by atoms with E-state index in [0.29, 0.717) is 40.3 Å². The lowest BCUT2D eigenvalue weighted by Gasteiger charge is -2.19. The second kappa shape index (κ2) is 10.3. The van der Waals surface area contributed by atoms with Gasteiger partial charge in [-0.2, -0.15) is 0 Å². The van der Waals surface area contributed by atoms with Crippen LogP contribution in [0.25, 0.3) is 10.9 Å². The van der Waals surface area contributed by atoms with Crippen molar-refractivity contribution >= 4 is 34.4 Å². The first-order valence-electron chi connectivity index (χ1n) is 11.7. The Labute approximate surface area is 208 Å². The smallest absolute Gasteiger partial charge is 0.337 e. The Balaban J connectivity index is 1.64. The number of rotatable bonds is 7. The molecule has 0 amide bonds. The highest BCUT2D eigenvalue weighted by molar-refractivity contribution is 7.99. The van der Waals surface area contributed by atoms with Gasteiger partial charge in [-0.1, -0.05) is 56.8 Å². The summed E-state index contributed by atoms with van der Waals surface area (Å²) in [6.07, 6.45) is 1.75. The molecule has 0 aliphatic carbocycles. The Morgan fingerprint density at radius 2 is 1.86 bits per heavy atom. The zero-order valence-corrected chi connectivity index (χ0v) is 21.3. The Bertz CT molecular complexity index is 1300. The van der Waals surface area contributed by atoms with E-state index in [9.17, 15) is 14.4 Å². The van der Waals surface area contributed by atoms with Crippen LogP contribution >= 0.6 is 11.8 Å². The van der Waals surface area contributed by atoms with Crippen molar-refractivity contribution in [1.82, 2.24) is 9.55 Å². The monoisotopic (exact) mass is 494 g/mol. The number of aromatic nitrogens is 2. The lowest BCUT2D eigenvalue weighted by molar-refractivity contribution is 0.0600. The molecule has 1 aromatic heterocycles. The van der Waals surface area contributed by atoms with Crippen molar-refractivity contribution in [2.75, 3.05) is 19.5 Å². The molecule has 0 unspecified atom stereocenters. The lowest BCUT2D eigenvalue weighted by Crippen LogP contribution is -2.29. The highest BCUT2D eigenvalue weighted by atomic mass is 32.2. The summed E-state index contributed by atoms with van der Waals surface area (Å²) in [5.74, 6) is -0.410. The molecule has 1 saturated heterocycles. The average Bonchev–Trinajstić information content (AvgIpc) is 3.36. The number of hydrogen-bond donors (Lipinski definition) is 0. The second-order valence-corrected chi connectivity index (χ2v) is 10.7. The Morgan fingerprint density at radius 1 is 1.14 bits per heavy atom. The van der Waals surface area contributed by atoms with Crippen molar-refractivity contribution < 1.29 is 19.1 Å². The van der Waals surface area contributed by atoms with E-state index in [-0.39, 0.29) is 28.6 Å². The lowest BCUT2D eigenvalue weighted by atomic mass is 9.86. The van der Waals surface area contributed by atoms with Crippen LogP contribution in [0.1, 0.15) is 59.9 Å². The van der Waals surface area contributed by atoms with E-state index in [1.54, 1.807) is 22.8 Å². The second-order valence-electron chi connectivity index (χ2n) is 9.71. The third-order valence-corrected chi connectivity index (χ3v) is 7.13. The van der Waals surface area contributed by atoms with Crippen LogP contribution in [-0.4, -0.2) is 46.9 Å². The molecule has 2 aromatic carbocycles. The minimum absolute atomic E-state index is 0.00672. The third-order valence-electron chi connectivity index (χ3n) is 6.16. The highest BCUT2D eigenvalue weighted by Crippen LogP contribution is 2.25. The van der Waals surface area contributed by atoms with E-state index in [2.05, 4.69) is 25.8 Å². The van der Waals surface area contributed by atoms with Crippen LogP contribution < -0.4 is 5.56 Å². The van der Waals surface area contributed by atoms with Crippen LogP contribution in [0.4, 0.5) is 0 Å². The van der Waals surface area contributed by atoms with Crippen LogP contribution in [0.2, 0.25) is 0 Å². The average molecular weight is 495 g/mol. The first-order chi connectivity index (χ1) is 16.7. The van der Waals surface area contributed by atoms with E-state index < -0.39 is 5.97 Å². The summed E-state index contributed by atoms with van der Waals surface area (Å²) in [5.41, 5.74) is 2.27. The maximum Gasteiger partial charge on any atom is 0.337 e. The van der Waals surface area contributed by atoms with Gasteiger partial charge in [-0.3, -0.25) is 14.2 Å². The molecule has 7 nitrogen and oxygen atoms in total. The maximum atomic E-state index is 13.4. The molecule has 3 aromatic rings. The van der Waals surface area contributed by atoms with E-state index in [0.717, 1.165) is 18.4 Å². The van der Waals surface area contributed by atoms with Gasteiger partial charge in [-0.25, -0.2) is 9.78 Å². The maximum absolute atomic E-state index is 13.4. The molecule has 0 spiro atoms. The molecule has 2 heterocycles. The zero-order chi connectivity index (χ0) is 25.2. The summed E-state index contributed by atoms with van der Waals surface area (Å²) in [4.78, 5) is 43.0. The van der Waals surface area contributed by atoms with E-state index in [4.69, 9.17) is 9.47 Å². The summed E-state index contributed by atoms with van der Waals surface area (Å²) in [7, 11) is 1.31. The van der Waals surface area contributed by atoms with Crippen LogP contribution in [-0.2, 0) is 21.4 Å². The SMILES string of the molecule is COC(=O)c1ccc2c(=O)n(C[C@H]3CCCO3)c(SCC(=O)c3ccc(C(C)(C)C)cc3)nc2c1.